The molecule has 4 aromatic rings. The van der Waals surface area contributed by atoms with Gasteiger partial charge in [-0.1, -0.05) is 60.2 Å². The monoisotopic (exact) mass is 358 g/mol. The molecule has 0 saturated carbocycles. The van der Waals surface area contributed by atoms with Gasteiger partial charge in [0.15, 0.2) is 4.80 Å². The van der Waals surface area contributed by atoms with E-state index in [1.165, 1.54) is 22.5 Å². The van der Waals surface area contributed by atoms with Crippen LogP contribution < -0.4 is 4.80 Å². The van der Waals surface area contributed by atoms with E-state index in [0.29, 0.717) is 16.9 Å². The number of aryl methyl sites for hydroxylation is 1. The highest BCUT2D eigenvalue weighted by molar-refractivity contribution is 7.07. The first-order chi connectivity index (χ1) is 12.7. The molecule has 0 radical (unpaired) electrons. The summed E-state index contributed by atoms with van der Waals surface area (Å²) in [7, 11) is 0. The number of nitrogens with zero attached hydrogens (tertiary/aromatic N) is 2. The molecule has 3 aromatic carbocycles. The summed E-state index contributed by atoms with van der Waals surface area (Å²) in [5.41, 5.74) is 3.04. The molecule has 0 aliphatic rings. The average Bonchev–Trinajstić information content (AvgIpc) is 3.10. The van der Waals surface area contributed by atoms with Gasteiger partial charge in [0, 0.05) is 23.7 Å². The fraction of sp³-hybridized carbons (Fsp3) is 0.0909. The van der Waals surface area contributed by atoms with Gasteiger partial charge < -0.3 is 4.57 Å². The summed E-state index contributed by atoms with van der Waals surface area (Å²) in [5, 5.41) is 4.13. The normalized spacial score (nSPS) is 11.8. The molecule has 0 atom stereocenters. The zero-order chi connectivity index (χ0) is 17.9. The van der Waals surface area contributed by atoms with Crippen molar-refractivity contribution in [3.8, 4) is 0 Å². The topological polar surface area (TPSA) is 34.4 Å². The van der Waals surface area contributed by atoms with Crippen LogP contribution in [0.5, 0.6) is 0 Å². The summed E-state index contributed by atoms with van der Waals surface area (Å²) in [6.45, 7) is 2.78. The number of hydrogen-bond acceptors (Lipinski definition) is 2. The molecule has 26 heavy (non-hydrogen) atoms. The Hall–Kier alpha value is -2.98. The van der Waals surface area contributed by atoms with E-state index < -0.39 is 0 Å². The van der Waals surface area contributed by atoms with Gasteiger partial charge in [0.1, 0.15) is 0 Å². The number of carbonyl (C=O) groups excluding carboxylic acids is 1. The molecule has 0 spiro atoms. The molecule has 0 saturated heterocycles. The van der Waals surface area contributed by atoms with E-state index in [1.54, 1.807) is 0 Å². The first kappa shape index (κ1) is 16.5. The van der Waals surface area contributed by atoms with Crippen LogP contribution in [0.1, 0.15) is 21.5 Å². The maximum Gasteiger partial charge on any atom is 0.279 e. The third-order valence-corrected chi connectivity index (χ3v) is 5.12. The summed E-state index contributed by atoms with van der Waals surface area (Å²) < 4.78 is 2.01. The molecule has 4 heteroatoms. The van der Waals surface area contributed by atoms with Gasteiger partial charge >= 0.3 is 0 Å². The number of carbonyl (C=O) groups is 1. The lowest BCUT2D eigenvalue weighted by Crippen LogP contribution is -2.17. The van der Waals surface area contributed by atoms with Crippen molar-refractivity contribution in [2.75, 3.05) is 0 Å². The number of thiazole rings is 1. The molecule has 1 aromatic heterocycles. The zero-order valence-electron chi connectivity index (χ0n) is 14.4. The van der Waals surface area contributed by atoms with Gasteiger partial charge in [-0.2, -0.15) is 4.99 Å². The van der Waals surface area contributed by atoms with E-state index >= 15 is 0 Å². The van der Waals surface area contributed by atoms with E-state index in [0.717, 1.165) is 10.8 Å². The lowest BCUT2D eigenvalue weighted by atomic mass is 10.1. The minimum atomic E-state index is -0.212. The Bertz CT molecular complexity index is 1140. The Morgan fingerprint density at radius 1 is 1.00 bits per heavy atom. The van der Waals surface area contributed by atoms with Gasteiger partial charge in [-0.05, 0) is 35.4 Å². The fourth-order valence-electron chi connectivity index (χ4n) is 2.87. The average molecular weight is 358 g/mol. The molecule has 4 rings (SSSR count). The minimum absolute atomic E-state index is 0.212. The zero-order valence-corrected chi connectivity index (χ0v) is 15.2. The molecule has 0 N–H and O–H groups in total. The maximum atomic E-state index is 12.6. The molecular weight excluding hydrogens is 340 g/mol. The second kappa shape index (κ2) is 7.10. The molecular formula is C22H18N2OS. The quantitative estimate of drug-likeness (QED) is 0.518. The number of aromatic nitrogens is 1. The van der Waals surface area contributed by atoms with Gasteiger partial charge in [0.2, 0.25) is 0 Å². The summed E-state index contributed by atoms with van der Waals surface area (Å²) in [4.78, 5) is 17.7. The second-order valence-electron chi connectivity index (χ2n) is 6.28. The molecule has 0 bridgehead atoms. The van der Waals surface area contributed by atoms with Crippen LogP contribution in [0.2, 0.25) is 0 Å². The Labute approximate surface area is 155 Å². The third-order valence-electron chi connectivity index (χ3n) is 4.33. The van der Waals surface area contributed by atoms with Crippen LogP contribution in [0.15, 0.2) is 83.3 Å². The van der Waals surface area contributed by atoms with Crippen LogP contribution in [0.4, 0.5) is 0 Å². The Morgan fingerprint density at radius 2 is 1.77 bits per heavy atom. The SMILES string of the molecule is Cc1ccc(Cn2ccsc2=NC(=O)c2ccc3ccccc3c2)cc1. The van der Waals surface area contributed by atoms with E-state index in [2.05, 4.69) is 36.2 Å². The highest BCUT2D eigenvalue weighted by Gasteiger charge is 2.06. The van der Waals surface area contributed by atoms with Crippen molar-refractivity contribution in [3.05, 3.63) is 99.8 Å². The van der Waals surface area contributed by atoms with Crippen molar-refractivity contribution >= 4 is 28.0 Å². The first-order valence-electron chi connectivity index (χ1n) is 8.46. The fourth-order valence-corrected chi connectivity index (χ4v) is 3.60. The summed E-state index contributed by atoms with van der Waals surface area (Å²) >= 11 is 1.47. The number of hydrogen-bond donors (Lipinski definition) is 0. The third kappa shape index (κ3) is 3.51. The molecule has 0 aliphatic heterocycles. The highest BCUT2D eigenvalue weighted by atomic mass is 32.1. The van der Waals surface area contributed by atoms with Crippen molar-refractivity contribution in [2.45, 2.75) is 13.5 Å². The lowest BCUT2D eigenvalue weighted by molar-refractivity contribution is 0.0998. The predicted octanol–water partition coefficient (Wildman–Crippen LogP) is 4.80. The van der Waals surface area contributed by atoms with E-state index in [9.17, 15) is 4.79 Å². The highest BCUT2D eigenvalue weighted by Crippen LogP contribution is 2.16. The van der Waals surface area contributed by atoms with Crippen molar-refractivity contribution < 1.29 is 4.79 Å². The van der Waals surface area contributed by atoms with Crippen LogP contribution >= 0.6 is 11.3 Å². The molecule has 0 fully saturated rings. The van der Waals surface area contributed by atoms with Crippen molar-refractivity contribution in [2.24, 2.45) is 4.99 Å². The first-order valence-corrected chi connectivity index (χ1v) is 9.34. The predicted molar refractivity (Wildman–Crippen MR) is 106 cm³/mol. The van der Waals surface area contributed by atoms with Crippen molar-refractivity contribution in [3.63, 3.8) is 0 Å². The van der Waals surface area contributed by atoms with E-state index in [4.69, 9.17) is 0 Å². The van der Waals surface area contributed by atoms with E-state index in [1.807, 2.05) is 58.6 Å². The summed E-state index contributed by atoms with van der Waals surface area (Å²) in [5.74, 6) is -0.212. The Morgan fingerprint density at radius 3 is 2.58 bits per heavy atom. The van der Waals surface area contributed by atoms with Crippen LogP contribution in [0, 0.1) is 6.92 Å². The largest absolute Gasteiger partial charge is 0.319 e. The van der Waals surface area contributed by atoms with Crippen LogP contribution in [0.25, 0.3) is 10.8 Å². The molecule has 0 aliphatic carbocycles. The minimum Gasteiger partial charge on any atom is -0.319 e. The van der Waals surface area contributed by atoms with Gasteiger partial charge in [-0.25, -0.2) is 0 Å². The van der Waals surface area contributed by atoms with Crippen molar-refractivity contribution in [1.82, 2.24) is 4.57 Å². The maximum absolute atomic E-state index is 12.6. The Balaban J connectivity index is 1.64. The van der Waals surface area contributed by atoms with Crippen molar-refractivity contribution in [1.29, 1.82) is 0 Å². The van der Waals surface area contributed by atoms with Gasteiger partial charge in [-0.3, -0.25) is 4.79 Å². The summed E-state index contributed by atoms with van der Waals surface area (Å²) in [6, 6.07) is 22.1. The van der Waals surface area contributed by atoms with Gasteiger partial charge in [0.05, 0.1) is 0 Å². The number of rotatable bonds is 3. The number of fused-ring (bicyclic) bond motifs is 1. The Kier molecular flexibility index (Phi) is 4.50. The smallest absolute Gasteiger partial charge is 0.279 e. The molecule has 1 heterocycles. The second-order valence-corrected chi connectivity index (χ2v) is 7.15. The van der Waals surface area contributed by atoms with Gasteiger partial charge in [-0.15, -0.1) is 11.3 Å². The van der Waals surface area contributed by atoms with Crippen LogP contribution in [-0.4, -0.2) is 10.5 Å². The number of amides is 1. The van der Waals surface area contributed by atoms with Gasteiger partial charge in [0.25, 0.3) is 5.91 Å². The van der Waals surface area contributed by atoms with E-state index in [-0.39, 0.29) is 5.91 Å². The summed E-state index contributed by atoms with van der Waals surface area (Å²) in [6.07, 6.45) is 1.97. The van der Waals surface area contributed by atoms with Crippen LogP contribution in [-0.2, 0) is 6.54 Å². The molecule has 3 nitrogen and oxygen atoms in total. The lowest BCUT2D eigenvalue weighted by Gasteiger charge is -2.04. The molecule has 128 valence electrons. The molecule has 1 amide bonds. The number of benzene rings is 3. The molecule has 0 unspecified atom stereocenters. The van der Waals surface area contributed by atoms with Crippen LogP contribution in [0.3, 0.4) is 0 Å². The standard InChI is InChI=1S/C22H18N2OS/c1-16-6-8-17(9-7-16)15-24-12-13-26-22(24)23-21(25)20-11-10-18-4-2-3-5-19(18)14-20/h2-14H,15H2,1H3.